The zero-order chi connectivity index (χ0) is 17.1. The molecule has 0 radical (unpaired) electrons. The molecule has 1 N–H and O–H groups in total. The minimum atomic E-state index is -3.64. The van der Waals surface area contributed by atoms with Crippen LogP contribution in [0.3, 0.4) is 0 Å². The van der Waals surface area contributed by atoms with E-state index in [0.29, 0.717) is 0 Å². The Bertz CT molecular complexity index is 860. The maximum atomic E-state index is 11.7. The third-order valence-corrected chi connectivity index (χ3v) is 5.18. The van der Waals surface area contributed by atoms with E-state index in [2.05, 4.69) is 14.9 Å². The first-order chi connectivity index (χ1) is 10.7. The van der Waals surface area contributed by atoms with Gasteiger partial charge in [0.1, 0.15) is 6.04 Å². The van der Waals surface area contributed by atoms with Crippen molar-refractivity contribution < 1.29 is 21.3 Å². The van der Waals surface area contributed by atoms with Gasteiger partial charge in [0.2, 0.25) is 25.8 Å². The quantitative estimate of drug-likeness (QED) is 0.772. The van der Waals surface area contributed by atoms with E-state index in [1.807, 2.05) is 30.3 Å². The fourth-order valence-corrected chi connectivity index (χ4v) is 3.22. The van der Waals surface area contributed by atoms with Gasteiger partial charge in [0.15, 0.2) is 0 Å². The first kappa shape index (κ1) is 17.6. The maximum Gasteiger partial charge on any atom is 0.335 e. The summed E-state index contributed by atoms with van der Waals surface area (Å²) < 4.78 is 54.2. The largest absolute Gasteiger partial charge is 0.411 e. The minimum Gasteiger partial charge on any atom is -0.411 e. The molecular weight excluding hydrogens is 342 g/mol. The number of sulfone groups is 1. The van der Waals surface area contributed by atoms with E-state index in [-0.39, 0.29) is 18.1 Å². The fourth-order valence-electron chi connectivity index (χ4n) is 1.90. The van der Waals surface area contributed by atoms with Gasteiger partial charge in [-0.15, -0.1) is 5.10 Å². The van der Waals surface area contributed by atoms with Gasteiger partial charge in [0.05, 0.1) is 12.0 Å². The van der Waals surface area contributed by atoms with Crippen LogP contribution in [0.1, 0.15) is 24.4 Å². The first-order valence-corrected chi connectivity index (χ1v) is 10.3. The molecule has 8 nitrogen and oxygen atoms in total. The highest BCUT2D eigenvalue weighted by Gasteiger charge is 2.26. The van der Waals surface area contributed by atoms with E-state index >= 15 is 0 Å². The Morgan fingerprint density at radius 2 is 1.78 bits per heavy atom. The van der Waals surface area contributed by atoms with Gasteiger partial charge in [-0.2, -0.15) is 0 Å². The second kappa shape index (κ2) is 6.77. The van der Waals surface area contributed by atoms with Crippen molar-refractivity contribution in [2.75, 3.05) is 12.0 Å². The average molecular weight is 359 g/mol. The summed E-state index contributed by atoms with van der Waals surface area (Å²) >= 11 is 0. The van der Waals surface area contributed by atoms with Gasteiger partial charge in [-0.25, -0.2) is 21.6 Å². The summed E-state index contributed by atoms with van der Waals surface area (Å²) in [6, 6.07) is 8.25. The van der Waals surface area contributed by atoms with Gasteiger partial charge in [-0.3, -0.25) is 0 Å². The van der Waals surface area contributed by atoms with Crippen molar-refractivity contribution in [1.29, 1.82) is 0 Å². The minimum absolute atomic E-state index is 0.0914. The van der Waals surface area contributed by atoms with Crippen LogP contribution < -0.4 is 4.72 Å². The Kier molecular flexibility index (Phi) is 5.17. The van der Waals surface area contributed by atoms with Gasteiger partial charge < -0.3 is 4.42 Å². The molecule has 0 saturated heterocycles. The molecule has 1 heterocycles. The standard InChI is InChI=1S/C13H17N3O5S2/c1-3-23(19,20)13-15-14-12(21-13)11(16-22(2,17)18)9-10-7-5-4-6-8-10/h4-8,11,16H,3,9H2,1-2H3/t11-/m0/s1. The zero-order valence-corrected chi connectivity index (χ0v) is 14.3. The SMILES string of the molecule is CCS(=O)(=O)c1nnc([C@H](Cc2ccccc2)NS(C)(=O)=O)o1. The molecule has 0 aliphatic carbocycles. The smallest absolute Gasteiger partial charge is 0.335 e. The molecule has 10 heteroatoms. The molecule has 0 amide bonds. The van der Waals surface area contributed by atoms with Crippen molar-refractivity contribution in [2.24, 2.45) is 0 Å². The molecule has 23 heavy (non-hydrogen) atoms. The van der Waals surface area contributed by atoms with Gasteiger partial charge in [0, 0.05) is 0 Å². The predicted molar refractivity (Wildman–Crippen MR) is 82.9 cm³/mol. The lowest BCUT2D eigenvalue weighted by Crippen LogP contribution is -2.29. The van der Waals surface area contributed by atoms with Crippen molar-refractivity contribution >= 4 is 19.9 Å². The van der Waals surface area contributed by atoms with E-state index in [4.69, 9.17) is 4.42 Å². The number of nitrogens with zero attached hydrogens (tertiary/aromatic N) is 2. The number of hydrogen-bond donors (Lipinski definition) is 1. The van der Waals surface area contributed by atoms with Crippen LogP contribution in [0.25, 0.3) is 0 Å². The van der Waals surface area contributed by atoms with Crippen LogP contribution in [0.2, 0.25) is 0 Å². The first-order valence-electron chi connectivity index (χ1n) is 6.78. The number of aromatic nitrogens is 2. The van der Waals surface area contributed by atoms with Gasteiger partial charge >= 0.3 is 5.22 Å². The van der Waals surface area contributed by atoms with E-state index in [1.165, 1.54) is 6.92 Å². The van der Waals surface area contributed by atoms with Crippen LogP contribution in [-0.2, 0) is 26.3 Å². The van der Waals surface area contributed by atoms with Gasteiger partial charge in [-0.05, 0) is 12.0 Å². The van der Waals surface area contributed by atoms with Crippen molar-refractivity contribution in [3.63, 3.8) is 0 Å². The second-order valence-electron chi connectivity index (χ2n) is 4.94. The predicted octanol–water partition coefficient (Wildman–Crippen LogP) is 0.696. The van der Waals surface area contributed by atoms with Crippen LogP contribution in [0.5, 0.6) is 0 Å². The molecule has 2 aromatic rings. The topological polar surface area (TPSA) is 119 Å². The lowest BCUT2D eigenvalue weighted by atomic mass is 10.1. The number of hydrogen-bond acceptors (Lipinski definition) is 7. The molecular formula is C13H17N3O5S2. The van der Waals surface area contributed by atoms with Crippen LogP contribution in [0, 0.1) is 0 Å². The third-order valence-electron chi connectivity index (χ3n) is 3.01. The van der Waals surface area contributed by atoms with Gasteiger partial charge in [0.25, 0.3) is 0 Å². The molecule has 0 saturated carbocycles. The number of benzene rings is 1. The maximum absolute atomic E-state index is 11.7. The van der Waals surface area contributed by atoms with E-state index in [0.717, 1.165) is 11.8 Å². The van der Waals surface area contributed by atoms with E-state index in [1.54, 1.807) is 0 Å². The Hall–Kier alpha value is -1.78. The highest BCUT2D eigenvalue weighted by Crippen LogP contribution is 2.20. The van der Waals surface area contributed by atoms with Crippen LogP contribution in [0.15, 0.2) is 40.0 Å². The Balaban J connectivity index is 2.34. The molecule has 1 aromatic heterocycles. The zero-order valence-electron chi connectivity index (χ0n) is 12.6. The highest BCUT2D eigenvalue weighted by molar-refractivity contribution is 7.91. The molecule has 0 fully saturated rings. The summed E-state index contributed by atoms with van der Waals surface area (Å²) in [6.07, 6.45) is 1.26. The molecule has 0 spiro atoms. The van der Waals surface area contributed by atoms with Crippen molar-refractivity contribution in [2.45, 2.75) is 24.6 Å². The molecule has 0 aliphatic rings. The van der Waals surface area contributed by atoms with Gasteiger partial charge in [-0.1, -0.05) is 42.4 Å². The summed E-state index contributed by atoms with van der Waals surface area (Å²) in [5, 5.41) is 6.69. The van der Waals surface area contributed by atoms with Crippen LogP contribution >= 0.6 is 0 Å². The molecule has 1 aromatic carbocycles. The van der Waals surface area contributed by atoms with Crippen LogP contribution in [-0.4, -0.2) is 39.0 Å². The lowest BCUT2D eigenvalue weighted by molar-refractivity contribution is 0.363. The Morgan fingerprint density at radius 1 is 1.13 bits per heavy atom. The van der Waals surface area contributed by atoms with Crippen molar-refractivity contribution in [3.05, 3.63) is 41.8 Å². The summed E-state index contributed by atoms with van der Waals surface area (Å²) in [4.78, 5) is 0. The summed E-state index contributed by atoms with van der Waals surface area (Å²) in [6.45, 7) is 1.45. The highest BCUT2D eigenvalue weighted by atomic mass is 32.2. The molecule has 0 unspecified atom stereocenters. The van der Waals surface area contributed by atoms with Crippen molar-refractivity contribution in [3.8, 4) is 0 Å². The lowest BCUT2D eigenvalue weighted by Gasteiger charge is -2.13. The molecule has 126 valence electrons. The monoisotopic (exact) mass is 359 g/mol. The Labute approximate surface area is 134 Å². The number of rotatable bonds is 7. The van der Waals surface area contributed by atoms with Crippen LogP contribution in [0.4, 0.5) is 0 Å². The summed E-state index contributed by atoms with van der Waals surface area (Å²) in [5.41, 5.74) is 0.840. The number of nitrogens with one attached hydrogen (secondary N) is 1. The summed E-state index contributed by atoms with van der Waals surface area (Å²) in [7, 11) is -7.20. The van der Waals surface area contributed by atoms with Crippen molar-refractivity contribution in [1.82, 2.24) is 14.9 Å². The molecule has 0 bridgehead atoms. The molecule has 0 aliphatic heterocycles. The molecule has 2 rings (SSSR count). The second-order valence-corrected chi connectivity index (χ2v) is 8.88. The summed E-state index contributed by atoms with van der Waals surface area (Å²) in [5.74, 6) is -0.274. The Morgan fingerprint density at radius 3 is 2.35 bits per heavy atom. The molecule has 1 atom stereocenters. The number of sulfonamides is 1. The fraction of sp³-hybridized carbons (Fsp3) is 0.385. The van der Waals surface area contributed by atoms with E-state index in [9.17, 15) is 16.8 Å². The van der Waals surface area contributed by atoms with E-state index < -0.39 is 31.1 Å². The third kappa shape index (κ3) is 4.85. The average Bonchev–Trinajstić information content (AvgIpc) is 2.97. The normalized spacial score (nSPS) is 13.8.